The lowest BCUT2D eigenvalue weighted by molar-refractivity contribution is 0.416. The summed E-state index contributed by atoms with van der Waals surface area (Å²) in [5, 5.41) is 11.4. The molecule has 1 aromatic carbocycles. The SMILES string of the molecule is COc1cc(N2CCC=N2)ccc1-c1c(C)nn2c(Cl)cc(C)nc12. The second-order valence-electron chi connectivity index (χ2n) is 6.01. The van der Waals surface area contributed by atoms with Gasteiger partial charge in [-0.2, -0.15) is 10.2 Å². The Bertz CT molecular complexity index is 995. The van der Waals surface area contributed by atoms with Crippen molar-refractivity contribution in [1.29, 1.82) is 0 Å². The van der Waals surface area contributed by atoms with E-state index < -0.39 is 0 Å². The highest BCUT2D eigenvalue weighted by atomic mass is 35.5. The lowest BCUT2D eigenvalue weighted by atomic mass is 10.0. The Kier molecular flexibility index (Phi) is 3.84. The summed E-state index contributed by atoms with van der Waals surface area (Å²) in [6, 6.07) is 7.87. The molecule has 1 aliphatic heterocycles. The van der Waals surface area contributed by atoms with Crippen molar-refractivity contribution >= 4 is 29.2 Å². The molecule has 0 aliphatic carbocycles. The van der Waals surface area contributed by atoms with Crippen LogP contribution in [0, 0.1) is 13.8 Å². The molecule has 0 radical (unpaired) electrons. The molecule has 2 aromatic heterocycles. The van der Waals surface area contributed by atoms with Crippen molar-refractivity contribution in [2.45, 2.75) is 20.3 Å². The van der Waals surface area contributed by atoms with Crippen LogP contribution in [0.1, 0.15) is 17.8 Å². The zero-order valence-corrected chi connectivity index (χ0v) is 15.1. The Morgan fingerprint density at radius 3 is 2.76 bits per heavy atom. The molecule has 0 spiro atoms. The van der Waals surface area contributed by atoms with Gasteiger partial charge in [0.25, 0.3) is 0 Å². The van der Waals surface area contributed by atoms with E-state index in [0.29, 0.717) is 5.15 Å². The quantitative estimate of drug-likeness (QED) is 0.669. The molecule has 0 saturated heterocycles. The summed E-state index contributed by atoms with van der Waals surface area (Å²) in [5.41, 5.74) is 5.30. The van der Waals surface area contributed by atoms with Crippen LogP contribution < -0.4 is 9.75 Å². The molecule has 0 fully saturated rings. The maximum absolute atomic E-state index is 6.33. The fraction of sp³-hybridized carbons (Fsp3) is 0.278. The number of methoxy groups -OCH3 is 1. The normalized spacial score (nSPS) is 13.8. The third kappa shape index (κ3) is 2.62. The Morgan fingerprint density at radius 1 is 1.20 bits per heavy atom. The van der Waals surface area contributed by atoms with Crippen LogP contribution in [0.4, 0.5) is 5.69 Å². The van der Waals surface area contributed by atoms with E-state index in [9.17, 15) is 0 Å². The molecule has 0 bridgehead atoms. The first-order valence-electron chi connectivity index (χ1n) is 8.09. The van der Waals surface area contributed by atoms with Crippen LogP contribution >= 0.6 is 11.6 Å². The predicted octanol–water partition coefficient (Wildman–Crippen LogP) is 3.87. The monoisotopic (exact) mass is 355 g/mol. The molecule has 0 amide bonds. The molecule has 4 rings (SSSR count). The Balaban J connectivity index is 1.91. The molecule has 25 heavy (non-hydrogen) atoms. The van der Waals surface area contributed by atoms with Crippen LogP contribution in [0.15, 0.2) is 29.4 Å². The summed E-state index contributed by atoms with van der Waals surface area (Å²) in [5.74, 6) is 0.761. The van der Waals surface area contributed by atoms with Crippen LogP contribution in [0.5, 0.6) is 5.75 Å². The van der Waals surface area contributed by atoms with Crippen LogP contribution in [0.2, 0.25) is 5.15 Å². The van der Waals surface area contributed by atoms with Gasteiger partial charge in [0.15, 0.2) is 5.65 Å². The zero-order valence-electron chi connectivity index (χ0n) is 14.3. The number of nitrogens with zero attached hydrogens (tertiary/aromatic N) is 5. The van der Waals surface area contributed by atoms with E-state index >= 15 is 0 Å². The molecular formula is C18H18ClN5O. The first-order valence-corrected chi connectivity index (χ1v) is 8.47. The van der Waals surface area contributed by atoms with Crippen LogP contribution in [0.25, 0.3) is 16.8 Å². The van der Waals surface area contributed by atoms with Crippen molar-refractivity contribution in [2.75, 3.05) is 18.7 Å². The minimum atomic E-state index is 0.541. The third-order valence-corrected chi connectivity index (χ3v) is 4.56. The number of anilines is 1. The van der Waals surface area contributed by atoms with Gasteiger partial charge < -0.3 is 4.74 Å². The molecule has 3 heterocycles. The first-order chi connectivity index (χ1) is 12.1. The Hall–Kier alpha value is -2.60. The number of rotatable bonds is 3. The predicted molar refractivity (Wildman–Crippen MR) is 99.9 cm³/mol. The number of benzene rings is 1. The van der Waals surface area contributed by atoms with Crippen molar-refractivity contribution in [3.8, 4) is 16.9 Å². The summed E-state index contributed by atoms with van der Waals surface area (Å²) in [6.45, 7) is 4.76. The molecule has 1 aliphatic rings. The summed E-state index contributed by atoms with van der Waals surface area (Å²) in [4.78, 5) is 4.64. The second-order valence-corrected chi connectivity index (χ2v) is 6.40. The fourth-order valence-corrected chi connectivity index (χ4v) is 3.43. The average Bonchev–Trinajstić information content (AvgIpc) is 3.22. The molecule has 0 N–H and O–H groups in total. The number of hydrogen-bond acceptors (Lipinski definition) is 5. The van der Waals surface area contributed by atoms with Gasteiger partial charge in [0.1, 0.15) is 10.9 Å². The molecule has 0 unspecified atom stereocenters. The van der Waals surface area contributed by atoms with E-state index in [1.165, 1.54) is 0 Å². The lowest BCUT2D eigenvalue weighted by Gasteiger charge is -2.16. The molecule has 7 heteroatoms. The van der Waals surface area contributed by atoms with Gasteiger partial charge in [-0.3, -0.25) is 5.01 Å². The number of hydrogen-bond donors (Lipinski definition) is 0. The van der Waals surface area contributed by atoms with Crippen molar-refractivity contribution < 1.29 is 4.74 Å². The minimum Gasteiger partial charge on any atom is -0.496 e. The highest BCUT2D eigenvalue weighted by molar-refractivity contribution is 6.29. The maximum Gasteiger partial charge on any atom is 0.165 e. The largest absolute Gasteiger partial charge is 0.496 e. The van der Waals surface area contributed by atoms with Crippen molar-refractivity contribution in [1.82, 2.24) is 14.6 Å². The van der Waals surface area contributed by atoms with Crippen molar-refractivity contribution in [2.24, 2.45) is 5.10 Å². The molecule has 6 nitrogen and oxygen atoms in total. The number of aromatic nitrogens is 3. The van der Waals surface area contributed by atoms with Gasteiger partial charge in [0.05, 0.1) is 24.1 Å². The van der Waals surface area contributed by atoms with Gasteiger partial charge in [-0.15, -0.1) is 0 Å². The maximum atomic E-state index is 6.33. The van der Waals surface area contributed by atoms with Gasteiger partial charge >= 0.3 is 0 Å². The molecule has 3 aromatic rings. The van der Waals surface area contributed by atoms with Crippen LogP contribution in [0.3, 0.4) is 0 Å². The zero-order chi connectivity index (χ0) is 17.6. The van der Waals surface area contributed by atoms with Gasteiger partial charge in [0, 0.05) is 36.5 Å². The summed E-state index contributed by atoms with van der Waals surface area (Å²) in [6.07, 6.45) is 2.88. The Labute approximate surface area is 150 Å². The lowest BCUT2D eigenvalue weighted by Crippen LogP contribution is -2.11. The van der Waals surface area contributed by atoms with E-state index in [4.69, 9.17) is 16.3 Å². The summed E-state index contributed by atoms with van der Waals surface area (Å²) in [7, 11) is 1.67. The summed E-state index contributed by atoms with van der Waals surface area (Å²) >= 11 is 6.33. The Morgan fingerprint density at radius 2 is 2.04 bits per heavy atom. The molecule has 0 atom stereocenters. The average molecular weight is 356 g/mol. The van der Waals surface area contributed by atoms with Gasteiger partial charge in [-0.1, -0.05) is 11.6 Å². The molecule has 0 saturated carbocycles. The number of hydrazone groups is 1. The summed E-state index contributed by atoms with van der Waals surface area (Å²) < 4.78 is 7.32. The van der Waals surface area contributed by atoms with Crippen LogP contribution in [-0.4, -0.2) is 34.5 Å². The smallest absolute Gasteiger partial charge is 0.165 e. The second kappa shape index (κ2) is 6.04. The molecular weight excluding hydrogens is 338 g/mol. The van der Waals surface area contributed by atoms with E-state index in [1.807, 2.05) is 43.3 Å². The number of ether oxygens (including phenoxy) is 1. The number of aryl methyl sites for hydroxylation is 2. The standard InChI is InChI=1S/C18H18ClN5O/c1-11-9-16(19)24-18(21-11)17(12(2)22-24)14-6-5-13(10-15(14)25-3)23-8-4-7-20-23/h5-7,9-10H,4,8H2,1-3H3. The van der Waals surface area contributed by atoms with Gasteiger partial charge in [-0.25, -0.2) is 9.50 Å². The van der Waals surface area contributed by atoms with E-state index in [0.717, 1.165) is 52.6 Å². The van der Waals surface area contributed by atoms with Gasteiger partial charge in [-0.05, 0) is 32.0 Å². The highest BCUT2D eigenvalue weighted by Crippen LogP contribution is 2.38. The first kappa shape index (κ1) is 15.9. The molecule has 128 valence electrons. The van der Waals surface area contributed by atoms with Crippen LogP contribution in [-0.2, 0) is 0 Å². The minimum absolute atomic E-state index is 0.541. The van der Waals surface area contributed by atoms with E-state index in [1.54, 1.807) is 17.7 Å². The van der Waals surface area contributed by atoms with Crippen molar-refractivity contribution in [3.63, 3.8) is 0 Å². The fourth-order valence-electron chi connectivity index (χ4n) is 3.15. The van der Waals surface area contributed by atoms with E-state index in [-0.39, 0.29) is 0 Å². The van der Waals surface area contributed by atoms with Gasteiger partial charge in [0.2, 0.25) is 0 Å². The number of halogens is 1. The highest BCUT2D eigenvalue weighted by Gasteiger charge is 2.20. The third-order valence-electron chi connectivity index (χ3n) is 4.29. The number of fused-ring (bicyclic) bond motifs is 1. The van der Waals surface area contributed by atoms with E-state index in [2.05, 4.69) is 15.2 Å². The van der Waals surface area contributed by atoms with Crippen molar-refractivity contribution in [3.05, 3.63) is 40.8 Å². The topological polar surface area (TPSA) is 55.0 Å².